The SMILES string of the molecule is C#CCNC(=NC)N1CCN(C(C)C(F)(F)F)CC1.I. The Bertz CT molecular complexity index is 357. The predicted molar refractivity (Wildman–Crippen MR) is 84.3 cm³/mol. The molecule has 1 N–H and O–H groups in total. The number of halogens is 4. The Labute approximate surface area is 134 Å². The number of terminal acetylenes is 1. The van der Waals surface area contributed by atoms with Crippen molar-refractivity contribution in [2.24, 2.45) is 4.99 Å². The van der Waals surface area contributed by atoms with Gasteiger partial charge < -0.3 is 10.2 Å². The number of nitrogens with zero attached hydrogens (tertiary/aromatic N) is 3. The molecule has 0 saturated carbocycles. The Morgan fingerprint density at radius 2 is 1.90 bits per heavy atom. The molecule has 1 aliphatic rings. The Balaban J connectivity index is 0.00000361. The fourth-order valence-corrected chi connectivity index (χ4v) is 1.99. The van der Waals surface area contributed by atoms with Crippen molar-refractivity contribution in [2.75, 3.05) is 39.8 Å². The number of piperazine rings is 1. The summed E-state index contributed by atoms with van der Waals surface area (Å²) in [5.41, 5.74) is 0. The number of nitrogens with one attached hydrogen (secondary N) is 1. The lowest BCUT2D eigenvalue weighted by Crippen LogP contribution is -2.56. The molecule has 20 heavy (non-hydrogen) atoms. The molecule has 0 aromatic rings. The summed E-state index contributed by atoms with van der Waals surface area (Å²) in [5, 5.41) is 2.96. The van der Waals surface area contributed by atoms with Crippen molar-refractivity contribution < 1.29 is 13.2 Å². The molecule has 4 nitrogen and oxygen atoms in total. The van der Waals surface area contributed by atoms with Gasteiger partial charge in [-0.15, -0.1) is 30.4 Å². The summed E-state index contributed by atoms with van der Waals surface area (Å²) in [7, 11) is 1.63. The molecule has 0 amide bonds. The van der Waals surface area contributed by atoms with Gasteiger partial charge in [-0.05, 0) is 6.92 Å². The molecule has 1 aliphatic heterocycles. The van der Waals surface area contributed by atoms with E-state index in [1.54, 1.807) is 7.05 Å². The molecular formula is C12H20F3IN4. The Morgan fingerprint density at radius 3 is 2.30 bits per heavy atom. The third-order valence-corrected chi connectivity index (χ3v) is 3.20. The average molecular weight is 404 g/mol. The zero-order valence-electron chi connectivity index (χ0n) is 11.6. The van der Waals surface area contributed by atoms with Gasteiger partial charge in [0.05, 0.1) is 6.54 Å². The summed E-state index contributed by atoms with van der Waals surface area (Å²) in [4.78, 5) is 7.41. The van der Waals surface area contributed by atoms with E-state index in [1.807, 2.05) is 4.90 Å². The maximum absolute atomic E-state index is 12.6. The zero-order valence-corrected chi connectivity index (χ0v) is 13.9. The highest BCUT2D eigenvalue weighted by molar-refractivity contribution is 14.0. The number of guanidine groups is 1. The standard InChI is InChI=1S/C12H19F3N4.HI/c1-4-5-17-11(16-3)19-8-6-18(7-9-19)10(2)12(13,14)15;/h1,10H,5-9H2,2-3H3,(H,16,17);1H. The number of aliphatic imine (C=N–C) groups is 1. The Hall–Kier alpha value is -0.690. The monoisotopic (exact) mass is 404 g/mol. The maximum atomic E-state index is 12.6. The molecule has 0 spiro atoms. The summed E-state index contributed by atoms with van der Waals surface area (Å²) in [6.07, 6.45) is 0.976. The van der Waals surface area contributed by atoms with Crippen molar-refractivity contribution in [1.82, 2.24) is 15.1 Å². The van der Waals surface area contributed by atoms with Crippen LogP contribution >= 0.6 is 24.0 Å². The molecule has 1 fully saturated rings. The van der Waals surface area contributed by atoms with E-state index >= 15 is 0 Å². The van der Waals surface area contributed by atoms with Gasteiger partial charge >= 0.3 is 6.18 Å². The molecule has 0 radical (unpaired) electrons. The Kier molecular flexibility index (Phi) is 8.27. The van der Waals surface area contributed by atoms with E-state index in [0.717, 1.165) is 0 Å². The van der Waals surface area contributed by atoms with Gasteiger partial charge in [-0.2, -0.15) is 13.2 Å². The first-order valence-corrected chi connectivity index (χ1v) is 6.10. The number of hydrogen-bond acceptors (Lipinski definition) is 2. The predicted octanol–water partition coefficient (Wildman–Crippen LogP) is 1.38. The van der Waals surface area contributed by atoms with Gasteiger partial charge in [0.1, 0.15) is 6.04 Å². The van der Waals surface area contributed by atoms with Crippen LogP contribution in [0.1, 0.15) is 6.92 Å². The molecule has 0 aliphatic carbocycles. The van der Waals surface area contributed by atoms with E-state index in [2.05, 4.69) is 16.2 Å². The van der Waals surface area contributed by atoms with Crippen LogP contribution in [0.5, 0.6) is 0 Å². The first-order valence-electron chi connectivity index (χ1n) is 6.10. The van der Waals surface area contributed by atoms with Gasteiger partial charge in [0.25, 0.3) is 0 Å². The second-order valence-corrected chi connectivity index (χ2v) is 4.35. The van der Waals surface area contributed by atoms with Crippen molar-refractivity contribution in [2.45, 2.75) is 19.1 Å². The van der Waals surface area contributed by atoms with E-state index in [0.29, 0.717) is 38.7 Å². The number of alkyl halides is 3. The van der Waals surface area contributed by atoms with Crippen LogP contribution < -0.4 is 5.32 Å². The van der Waals surface area contributed by atoms with E-state index in [4.69, 9.17) is 6.42 Å². The maximum Gasteiger partial charge on any atom is 0.403 e. The van der Waals surface area contributed by atoms with Crippen molar-refractivity contribution in [3.8, 4) is 12.3 Å². The van der Waals surface area contributed by atoms with Gasteiger partial charge in [-0.3, -0.25) is 9.89 Å². The van der Waals surface area contributed by atoms with Crippen LogP contribution in [-0.4, -0.2) is 67.7 Å². The largest absolute Gasteiger partial charge is 0.403 e. The summed E-state index contributed by atoms with van der Waals surface area (Å²) in [6.45, 7) is 3.27. The molecule has 1 rings (SSSR count). The summed E-state index contributed by atoms with van der Waals surface area (Å²) in [6, 6.07) is -1.41. The lowest BCUT2D eigenvalue weighted by atomic mass is 10.2. The summed E-state index contributed by atoms with van der Waals surface area (Å²) in [5.74, 6) is 3.08. The van der Waals surface area contributed by atoms with Crippen LogP contribution in [0.4, 0.5) is 13.2 Å². The minimum Gasteiger partial charge on any atom is -0.345 e. The van der Waals surface area contributed by atoms with Crippen LogP contribution in [0.3, 0.4) is 0 Å². The minimum absolute atomic E-state index is 0. The highest BCUT2D eigenvalue weighted by atomic mass is 127. The van der Waals surface area contributed by atoms with Crippen LogP contribution in [0.15, 0.2) is 4.99 Å². The lowest BCUT2D eigenvalue weighted by Gasteiger charge is -2.39. The fraction of sp³-hybridized carbons (Fsp3) is 0.750. The molecule has 0 aromatic heterocycles. The molecule has 1 atom stereocenters. The lowest BCUT2D eigenvalue weighted by molar-refractivity contribution is -0.181. The van der Waals surface area contributed by atoms with Gasteiger partial charge in [-0.25, -0.2) is 0 Å². The van der Waals surface area contributed by atoms with Gasteiger partial charge in [0.15, 0.2) is 5.96 Å². The smallest absolute Gasteiger partial charge is 0.345 e. The van der Waals surface area contributed by atoms with E-state index in [1.165, 1.54) is 11.8 Å². The highest BCUT2D eigenvalue weighted by Crippen LogP contribution is 2.25. The second kappa shape index (κ2) is 8.56. The molecule has 116 valence electrons. The average Bonchev–Trinajstić information content (AvgIpc) is 2.38. The second-order valence-electron chi connectivity index (χ2n) is 4.35. The molecule has 8 heteroatoms. The first kappa shape index (κ1) is 19.3. The molecule has 1 heterocycles. The third-order valence-electron chi connectivity index (χ3n) is 3.20. The first-order chi connectivity index (χ1) is 8.90. The van der Waals surface area contributed by atoms with Crippen LogP contribution in [-0.2, 0) is 0 Å². The van der Waals surface area contributed by atoms with Gasteiger partial charge in [0.2, 0.25) is 0 Å². The molecule has 0 aromatic carbocycles. The quantitative estimate of drug-likeness (QED) is 0.327. The molecule has 1 unspecified atom stereocenters. The number of hydrogen-bond donors (Lipinski definition) is 1. The summed E-state index contributed by atoms with van der Waals surface area (Å²) >= 11 is 0. The third kappa shape index (κ3) is 5.36. The van der Waals surface area contributed by atoms with E-state index < -0.39 is 12.2 Å². The van der Waals surface area contributed by atoms with Crippen LogP contribution in [0, 0.1) is 12.3 Å². The van der Waals surface area contributed by atoms with Crippen molar-refractivity contribution >= 4 is 29.9 Å². The van der Waals surface area contributed by atoms with Crippen molar-refractivity contribution in [3.63, 3.8) is 0 Å². The van der Waals surface area contributed by atoms with E-state index in [9.17, 15) is 13.2 Å². The molecular weight excluding hydrogens is 384 g/mol. The van der Waals surface area contributed by atoms with Crippen LogP contribution in [0.25, 0.3) is 0 Å². The Morgan fingerprint density at radius 1 is 1.35 bits per heavy atom. The van der Waals surface area contributed by atoms with Crippen molar-refractivity contribution in [3.05, 3.63) is 0 Å². The topological polar surface area (TPSA) is 30.9 Å². The van der Waals surface area contributed by atoms with Crippen LogP contribution in [0.2, 0.25) is 0 Å². The van der Waals surface area contributed by atoms with Gasteiger partial charge in [-0.1, -0.05) is 5.92 Å². The number of rotatable bonds is 2. The molecule has 0 bridgehead atoms. The highest BCUT2D eigenvalue weighted by Gasteiger charge is 2.40. The normalized spacial score (nSPS) is 19.0. The van der Waals surface area contributed by atoms with Crippen molar-refractivity contribution in [1.29, 1.82) is 0 Å². The minimum atomic E-state index is -4.18. The summed E-state index contributed by atoms with van der Waals surface area (Å²) < 4.78 is 37.8. The zero-order chi connectivity index (χ0) is 14.5. The van der Waals surface area contributed by atoms with E-state index in [-0.39, 0.29) is 24.0 Å². The fourth-order valence-electron chi connectivity index (χ4n) is 1.99. The van der Waals surface area contributed by atoms with Gasteiger partial charge in [0, 0.05) is 33.2 Å². The molecule has 1 saturated heterocycles.